The number of hydrogen-bond donors (Lipinski definition) is 2. The summed E-state index contributed by atoms with van der Waals surface area (Å²) in [5.74, 6) is -0.848. The molecule has 1 aliphatic heterocycles. The molecule has 0 aliphatic carbocycles. The SMILES string of the molecule is CCC(NC(=O)N1C(=O)[C@H](Cc2ccnc(N)c2)[C@H]1C(=O)N(C)c1ccn(C)n1)c1ccc(C)c(Cl)c1. The molecule has 4 amide bonds. The van der Waals surface area contributed by atoms with Crippen LogP contribution in [0.4, 0.5) is 16.4 Å². The van der Waals surface area contributed by atoms with Crippen molar-refractivity contribution in [2.24, 2.45) is 13.0 Å². The third-order valence-electron chi connectivity index (χ3n) is 6.66. The van der Waals surface area contributed by atoms with E-state index in [0.29, 0.717) is 23.1 Å². The second-order valence-electron chi connectivity index (χ2n) is 9.22. The number of rotatable bonds is 7. The Bertz CT molecular complexity index is 1340. The first-order valence-corrected chi connectivity index (χ1v) is 12.4. The van der Waals surface area contributed by atoms with Crippen LogP contribution in [0.1, 0.15) is 36.1 Å². The van der Waals surface area contributed by atoms with Crippen LogP contribution in [0.3, 0.4) is 0 Å². The number of halogens is 1. The molecule has 0 bridgehead atoms. The maximum Gasteiger partial charge on any atom is 0.325 e. The van der Waals surface area contributed by atoms with Gasteiger partial charge in [-0.05, 0) is 54.7 Å². The minimum atomic E-state index is -1.01. The molecule has 1 aliphatic rings. The second-order valence-corrected chi connectivity index (χ2v) is 9.62. The van der Waals surface area contributed by atoms with Crippen molar-refractivity contribution in [3.05, 3.63) is 70.5 Å². The lowest BCUT2D eigenvalue weighted by Gasteiger charge is -2.45. The Morgan fingerprint density at radius 3 is 2.62 bits per heavy atom. The first-order valence-electron chi connectivity index (χ1n) is 12.0. The number of nitrogens with one attached hydrogen (secondary N) is 1. The summed E-state index contributed by atoms with van der Waals surface area (Å²) in [5.41, 5.74) is 8.30. The van der Waals surface area contributed by atoms with Crippen LogP contribution in [0.25, 0.3) is 0 Å². The number of likely N-dealkylation sites (tertiary alicyclic amines) is 1. The van der Waals surface area contributed by atoms with E-state index in [1.165, 1.54) is 4.90 Å². The number of aromatic nitrogens is 3. The molecule has 2 aromatic heterocycles. The summed E-state index contributed by atoms with van der Waals surface area (Å²) >= 11 is 6.29. The summed E-state index contributed by atoms with van der Waals surface area (Å²) in [4.78, 5) is 46.7. The van der Waals surface area contributed by atoms with Gasteiger partial charge in [-0.25, -0.2) is 9.78 Å². The Hall–Kier alpha value is -3.92. The summed E-state index contributed by atoms with van der Waals surface area (Å²) in [6.07, 6.45) is 4.07. The molecule has 1 aromatic carbocycles. The minimum Gasteiger partial charge on any atom is -0.384 e. The van der Waals surface area contributed by atoms with Gasteiger partial charge in [-0.15, -0.1) is 0 Å². The van der Waals surface area contributed by atoms with Crippen molar-refractivity contribution in [1.29, 1.82) is 0 Å². The van der Waals surface area contributed by atoms with E-state index in [1.807, 2.05) is 26.0 Å². The third-order valence-corrected chi connectivity index (χ3v) is 7.07. The van der Waals surface area contributed by atoms with Gasteiger partial charge in [-0.3, -0.25) is 24.1 Å². The van der Waals surface area contributed by atoms with Gasteiger partial charge < -0.3 is 11.1 Å². The molecule has 0 saturated carbocycles. The zero-order chi connectivity index (χ0) is 26.9. The van der Waals surface area contributed by atoms with E-state index < -0.39 is 29.8 Å². The summed E-state index contributed by atoms with van der Waals surface area (Å²) in [6.45, 7) is 3.82. The smallest absolute Gasteiger partial charge is 0.325 e. The number of benzene rings is 1. The zero-order valence-corrected chi connectivity index (χ0v) is 21.9. The molecule has 194 valence electrons. The molecule has 0 radical (unpaired) electrons. The number of urea groups is 1. The van der Waals surface area contributed by atoms with Crippen molar-refractivity contribution in [2.45, 2.75) is 38.8 Å². The predicted octanol–water partition coefficient (Wildman–Crippen LogP) is 3.25. The van der Waals surface area contributed by atoms with Crippen LogP contribution in [0.5, 0.6) is 0 Å². The molecule has 3 N–H and O–H groups in total. The number of likely N-dealkylation sites (N-methyl/N-ethyl adjacent to an activating group) is 1. The van der Waals surface area contributed by atoms with Crippen molar-refractivity contribution in [1.82, 2.24) is 25.0 Å². The Morgan fingerprint density at radius 2 is 2.00 bits per heavy atom. The average Bonchev–Trinajstić information content (AvgIpc) is 3.31. The van der Waals surface area contributed by atoms with E-state index in [4.69, 9.17) is 17.3 Å². The summed E-state index contributed by atoms with van der Waals surface area (Å²) in [6, 6.07) is 8.64. The van der Waals surface area contributed by atoms with Crippen LogP contribution in [0.15, 0.2) is 48.8 Å². The molecule has 0 spiro atoms. The predicted molar refractivity (Wildman–Crippen MR) is 141 cm³/mol. The lowest BCUT2D eigenvalue weighted by atomic mass is 9.81. The molecule has 11 heteroatoms. The number of nitrogens with zero attached hydrogens (tertiary/aromatic N) is 5. The number of amides is 4. The van der Waals surface area contributed by atoms with E-state index >= 15 is 0 Å². The highest BCUT2D eigenvalue weighted by atomic mass is 35.5. The normalized spacial score (nSPS) is 17.8. The number of nitrogens with two attached hydrogens (primary N) is 1. The summed E-state index contributed by atoms with van der Waals surface area (Å²) in [7, 11) is 3.32. The monoisotopic (exact) mass is 523 g/mol. The van der Waals surface area contributed by atoms with Crippen molar-refractivity contribution in [3.63, 3.8) is 0 Å². The summed E-state index contributed by atoms with van der Waals surface area (Å²) < 4.78 is 1.57. The fourth-order valence-electron chi connectivity index (χ4n) is 4.49. The topological polar surface area (TPSA) is 126 Å². The molecule has 1 saturated heterocycles. The highest BCUT2D eigenvalue weighted by Crippen LogP contribution is 2.33. The van der Waals surface area contributed by atoms with Crippen molar-refractivity contribution in [2.75, 3.05) is 17.7 Å². The molecule has 1 unspecified atom stereocenters. The standard InChI is InChI=1S/C26H30ClN7O3/c1-5-20(17-7-6-15(2)19(27)14-17)30-26(37)34-23(25(36)33(4)22-9-11-32(3)31-22)18(24(34)35)12-16-8-10-29-21(28)13-16/h6-11,13-14,18,20,23H,5,12H2,1-4H3,(H2,28,29)(H,30,37)/t18-,20?,23+/m1/s1. The largest absolute Gasteiger partial charge is 0.384 e. The lowest BCUT2D eigenvalue weighted by molar-refractivity contribution is -0.156. The van der Waals surface area contributed by atoms with Crippen LogP contribution < -0.4 is 16.0 Å². The van der Waals surface area contributed by atoms with E-state index in [-0.39, 0.29) is 12.5 Å². The van der Waals surface area contributed by atoms with Crippen LogP contribution in [0.2, 0.25) is 5.02 Å². The van der Waals surface area contributed by atoms with Gasteiger partial charge in [0, 0.05) is 37.6 Å². The highest BCUT2D eigenvalue weighted by Gasteiger charge is 2.55. The quantitative estimate of drug-likeness (QED) is 0.458. The van der Waals surface area contributed by atoms with Crippen molar-refractivity contribution in [3.8, 4) is 0 Å². The van der Waals surface area contributed by atoms with E-state index in [2.05, 4.69) is 15.4 Å². The number of carbonyl (C=O) groups excluding carboxylic acids is 3. The van der Waals surface area contributed by atoms with Gasteiger partial charge in [0.25, 0.3) is 5.91 Å². The summed E-state index contributed by atoms with van der Waals surface area (Å²) in [5, 5.41) is 7.78. The molecule has 3 aromatic rings. The first kappa shape index (κ1) is 26.2. The molecule has 1 fully saturated rings. The van der Waals surface area contributed by atoms with Crippen LogP contribution in [-0.2, 0) is 23.1 Å². The van der Waals surface area contributed by atoms with Crippen molar-refractivity contribution < 1.29 is 14.4 Å². The zero-order valence-electron chi connectivity index (χ0n) is 21.2. The Kier molecular flexibility index (Phi) is 7.49. The molecular weight excluding hydrogens is 494 g/mol. The number of carbonyl (C=O) groups is 3. The van der Waals surface area contributed by atoms with Crippen molar-refractivity contribution >= 4 is 41.1 Å². The fourth-order valence-corrected chi connectivity index (χ4v) is 4.68. The average molecular weight is 524 g/mol. The van der Waals surface area contributed by atoms with Gasteiger partial charge in [-0.1, -0.05) is 30.7 Å². The van der Waals surface area contributed by atoms with Gasteiger partial charge in [-0.2, -0.15) is 5.10 Å². The van der Waals surface area contributed by atoms with Gasteiger partial charge >= 0.3 is 6.03 Å². The molecule has 37 heavy (non-hydrogen) atoms. The number of aryl methyl sites for hydroxylation is 2. The number of β-lactam (4-membered cyclic amide) rings is 1. The molecule has 3 heterocycles. The molecular formula is C26H30ClN7O3. The highest BCUT2D eigenvalue weighted by molar-refractivity contribution is 6.31. The molecule has 10 nitrogen and oxygen atoms in total. The molecule has 4 rings (SSSR count). The Balaban J connectivity index is 1.60. The number of imide groups is 1. The molecule has 3 atom stereocenters. The number of nitrogen functional groups attached to an aromatic ring is 1. The minimum absolute atomic E-state index is 0.243. The Morgan fingerprint density at radius 1 is 1.24 bits per heavy atom. The van der Waals surface area contributed by atoms with Crippen LogP contribution in [-0.4, -0.2) is 50.6 Å². The number of anilines is 2. The van der Waals surface area contributed by atoms with Gasteiger partial charge in [0.1, 0.15) is 11.9 Å². The maximum absolute atomic E-state index is 13.6. The van der Waals surface area contributed by atoms with Gasteiger partial charge in [0.15, 0.2) is 5.82 Å². The Labute approximate surface area is 220 Å². The van der Waals surface area contributed by atoms with E-state index in [0.717, 1.165) is 21.6 Å². The van der Waals surface area contributed by atoms with Crippen LogP contribution in [0, 0.1) is 12.8 Å². The number of pyridine rings is 1. The number of hydrogen-bond acceptors (Lipinski definition) is 6. The third kappa shape index (κ3) is 5.29. The second kappa shape index (κ2) is 10.6. The lowest BCUT2D eigenvalue weighted by Crippen LogP contribution is -2.70. The van der Waals surface area contributed by atoms with Gasteiger partial charge in [0.2, 0.25) is 5.91 Å². The van der Waals surface area contributed by atoms with E-state index in [1.54, 1.807) is 55.4 Å². The maximum atomic E-state index is 13.6. The van der Waals surface area contributed by atoms with Crippen LogP contribution >= 0.6 is 11.6 Å². The fraction of sp³-hybridized carbons (Fsp3) is 0.346. The van der Waals surface area contributed by atoms with Gasteiger partial charge in [0.05, 0.1) is 12.0 Å². The van der Waals surface area contributed by atoms with E-state index in [9.17, 15) is 14.4 Å². The first-order chi connectivity index (χ1) is 17.6.